The molecule has 0 bridgehead atoms. The monoisotopic (exact) mass is 322 g/mol. The van der Waals surface area contributed by atoms with E-state index in [1.807, 2.05) is 0 Å². The van der Waals surface area contributed by atoms with E-state index in [0.717, 1.165) is 13.1 Å². The van der Waals surface area contributed by atoms with Crippen molar-refractivity contribution in [2.45, 2.75) is 32.2 Å². The van der Waals surface area contributed by atoms with Crippen LogP contribution in [0.2, 0.25) is 0 Å². The Bertz CT molecular complexity index is 608. The lowest BCUT2D eigenvalue weighted by Gasteiger charge is -2.25. The van der Waals surface area contributed by atoms with Crippen LogP contribution in [0.1, 0.15) is 29.5 Å². The van der Waals surface area contributed by atoms with Gasteiger partial charge in [0.15, 0.2) is 0 Å². The Morgan fingerprint density at radius 2 is 1.38 bits per heavy atom. The van der Waals surface area contributed by atoms with Gasteiger partial charge in [-0.15, -0.1) is 0 Å². The molecule has 128 valence electrons. The van der Waals surface area contributed by atoms with Crippen LogP contribution >= 0.6 is 0 Å². The fourth-order valence-corrected chi connectivity index (χ4v) is 3.64. The molecular formula is C22H30N2. The molecule has 0 atom stereocenters. The molecule has 0 radical (unpaired) electrons. The lowest BCUT2D eigenvalue weighted by atomic mass is 9.99. The molecule has 0 amide bonds. The third kappa shape index (κ3) is 5.19. The molecule has 0 saturated heterocycles. The van der Waals surface area contributed by atoms with Crippen LogP contribution in [-0.2, 0) is 19.4 Å². The van der Waals surface area contributed by atoms with Gasteiger partial charge < -0.3 is 4.90 Å². The number of fused-ring (bicyclic) bond motifs is 1. The van der Waals surface area contributed by atoms with E-state index in [2.05, 4.69) is 71.4 Å². The van der Waals surface area contributed by atoms with Crippen molar-refractivity contribution in [3.8, 4) is 0 Å². The Morgan fingerprint density at radius 1 is 0.708 bits per heavy atom. The van der Waals surface area contributed by atoms with Crippen LogP contribution in [0.15, 0.2) is 54.6 Å². The summed E-state index contributed by atoms with van der Waals surface area (Å²) in [6, 6.07) is 19.9. The second-order valence-electron chi connectivity index (χ2n) is 7.04. The number of rotatable bonds is 2. The van der Waals surface area contributed by atoms with Crippen molar-refractivity contribution in [2.24, 2.45) is 0 Å². The number of hydrogen-bond donors (Lipinski definition) is 0. The number of aryl methyl sites for hydroxylation is 1. The van der Waals surface area contributed by atoms with Gasteiger partial charge in [-0.2, -0.15) is 0 Å². The smallest absolute Gasteiger partial charge is 0.0233 e. The standard InChI is InChI=1S/C22H30N2/c1-23-15-8-17-24(19-20-9-3-2-4-10-20)16-7-13-21-11-5-6-12-22(21)14-18-23/h2-6,9-12H,7-8,13-19H2,1H3. The normalized spacial score (nSPS) is 18.4. The van der Waals surface area contributed by atoms with Gasteiger partial charge in [0.05, 0.1) is 0 Å². The molecule has 3 rings (SSSR count). The minimum atomic E-state index is 1.08. The van der Waals surface area contributed by atoms with Crippen molar-refractivity contribution in [3.63, 3.8) is 0 Å². The maximum absolute atomic E-state index is 2.63. The predicted octanol–water partition coefficient (Wildman–Crippen LogP) is 4.00. The van der Waals surface area contributed by atoms with E-state index in [1.165, 1.54) is 50.9 Å². The molecule has 1 heterocycles. The first-order chi connectivity index (χ1) is 11.8. The summed E-state index contributed by atoms with van der Waals surface area (Å²) in [5, 5.41) is 0. The molecule has 0 N–H and O–H groups in total. The zero-order valence-corrected chi connectivity index (χ0v) is 15.0. The van der Waals surface area contributed by atoms with Crippen LogP contribution in [0.4, 0.5) is 0 Å². The van der Waals surface area contributed by atoms with Gasteiger partial charge >= 0.3 is 0 Å². The summed E-state index contributed by atoms with van der Waals surface area (Å²) in [5.41, 5.74) is 4.52. The summed E-state index contributed by atoms with van der Waals surface area (Å²) >= 11 is 0. The summed E-state index contributed by atoms with van der Waals surface area (Å²) in [4.78, 5) is 5.12. The van der Waals surface area contributed by atoms with Crippen LogP contribution in [0.3, 0.4) is 0 Å². The highest BCUT2D eigenvalue weighted by Crippen LogP contribution is 2.15. The molecule has 0 unspecified atom stereocenters. The lowest BCUT2D eigenvalue weighted by Crippen LogP contribution is -2.30. The summed E-state index contributed by atoms with van der Waals surface area (Å²) in [6.07, 6.45) is 4.89. The molecule has 0 saturated carbocycles. The highest BCUT2D eigenvalue weighted by atomic mass is 15.1. The Morgan fingerprint density at radius 3 is 2.17 bits per heavy atom. The largest absolute Gasteiger partial charge is 0.306 e. The van der Waals surface area contributed by atoms with Crippen LogP contribution in [0.25, 0.3) is 0 Å². The van der Waals surface area contributed by atoms with Crippen molar-refractivity contribution in [1.82, 2.24) is 9.80 Å². The van der Waals surface area contributed by atoms with Gasteiger partial charge in [-0.25, -0.2) is 0 Å². The molecule has 2 nitrogen and oxygen atoms in total. The zero-order chi connectivity index (χ0) is 16.6. The molecule has 24 heavy (non-hydrogen) atoms. The van der Waals surface area contributed by atoms with Crippen molar-refractivity contribution in [1.29, 1.82) is 0 Å². The fourth-order valence-electron chi connectivity index (χ4n) is 3.64. The van der Waals surface area contributed by atoms with Gasteiger partial charge in [0.2, 0.25) is 0 Å². The molecule has 0 aliphatic carbocycles. The molecule has 2 aromatic rings. The third-order valence-corrected chi connectivity index (χ3v) is 5.06. The van der Waals surface area contributed by atoms with E-state index >= 15 is 0 Å². The van der Waals surface area contributed by atoms with E-state index in [1.54, 1.807) is 11.1 Å². The molecular weight excluding hydrogens is 292 g/mol. The highest BCUT2D eigenvalue weighted by Gasteiger charge is 2.10. The van der Waals surface area contributed by atoms with Crippen molar-refractivity contribution < 1.29 is 0 Å². The van der Waals surface area contributed by atoms with Gasteiger partial charge in [-0.1, -0.05) is 54.6 Å². The Labute approximate surface area is 147 Å². The average Bonchev–Trinajstić information content (AvgIpc) is 2.60. The number of benzene rings is 2. The first kappa shape index (κ1) is 17.2. The maximum atomic E-state index is 2.63. The summed E-state index contributed by atoms with van der Waals surface area (Å²) in [7, 11) is 2.26. The summed E-state index contributed by atoms with van der Waals surface area (Å²) < 4.78 is 0. The Balaban J connectivity index is 1.67. The second-order valence-corrected chi connectivity index (χ2v) is 7.04. The maximum Gasteiger partial charge on any atom is 0.0233 e. The van der Waals surface area contributed by atoms with Gasteiger partial charge in [0.1, 0.15) is 0 Å². The molecule has 1 aliphatic heterocycles. The average molecular weight is 322 g/mol. The van der Waals surface area contributed by atoms with E-state index in [9.17, 15) is 0 Å². The molecule has 1 aliphatic rings. The molecule has 0 spiro atoms. The minimum Gasteiger partial charge on any atom is -0.306 e. The number of hydrogen-bond acceptors (Lipinski definition) is 2. The van der Waals surface area contributed by atoms with Crippen LogP contribution in [0.5, 0.6) is 0 Å². The molecule has 0 fully saturated rings. The van der Waals surface area contributed by atoms with E-state index in [4.69, 9.17) is 0 Å². The van der Waals surface area contributed by atoms with Gasteiger partial charge in [0.25, 0.3) is 0 Å². The zero-order valence-electron chi connectivity index (χ0n) is 15.0. The first-order valence-corrected chi connectivity index (χ1v) is 9.33. The summed E-state index contributed by atoms with van der Waals surface area (Å²) in [5.74, 6) is 0. The topological polar surface area (TPSA) is 6.48 Å². The molecule has 2 heteroatoms. The van der Waals surface area contributed by atoms with Gasteiger partial charge in [-0.3, -0.25) is 4.90 Å². The Kier molecular flexibility index (Phi) is 6.45. The minimum absolute atomic E-state index is 1.08. The molecule has 2 aromatic carbocycles. The fraction of sp³-hybridized carbons (Fsp3) is 0.455. The lowest BCUT2D eigenvalue weighted by molar-refractivity contribution is 0.235. The number of likely N-dealkylation sites (N-methyl/N-ethyl adjacent to an activating group) is 1. The van der Waals surface area contributed by atoms with Crippen molar-refractivity contribution >= 4 is 0 Å². The van der Waals surface area contributed by atoms with Gasteiger partial charge in [0, 0.05) is 13.1 Å². The Hall–Kier alpha value is -1.64. The number of nitrogens with zero attached hydrogens (tertiary/aromatic N) is 2. The second kappa shape index (κ2) is 9.00. The van der Waals surface area contributed by atoms with Crippen LogP contribution < -0.4 is 0 Å². The van der Waals surface area contributed by atoms with Crippen LogP contribution in [-0.4, -0.2) is 43.0 Å². The first-order valence-electron chi connectivity index (χ1n) is 9.33. The SMILES string of the molecule is CN1CCCN(Cc2ccccc2)CCCc2ccccc2CC1. The van der Waals surface area contributed by atoms with E-state index in [-0.39, 0.29) is 0 Å². The highest BCUT2D eigenvalue weighted by molar-refractivity contribution is 5.27. The van der Waals surface area contributed by atoms with Gasteiger partial charge in [-0.05, 0) is 69.1 Å². The van der Waals surface area contributed by atoms with E-state index in [0.29, 0.717) is 0 Å². The third-order valence-electron chi connectivity index (χ3n) is 5.06. The predicted molar refractivity (Wildman–Crippen MR) is 102 cm³/mol. The van der Waals surface area contributed by atoms with Crippen LogP contribution in [0, 0.1) is 0 Å². The van der Waals surface area contributed by atoms with Crippen molar-refractivity contribution in [3.05, 3.63) is 71.3 Å². The van der Waals surface area contributed by atoms with E-state index < -0.39 is 0 Å². The summed E-state index contributed by atoms with van der Waals surface area (Å²) in [6.45, 7) is 5.81. The quantitative estimate of drug-likeness (QED) is 0.824. The van der Waals surface area contributed by atoms with Crippen molar-refractivity contribution in [2.75, 3.05) is 33.2 Å². The molecule has 0 aromatic heterocycles.